The molecule has 1 aliphatic rings. The minimum absolute atomic E-state index is 0.111. The highest BCUT2D eigenvalue weighted by Gasteiger charge is 2.59. The third kappa shape index (κ3) is 2.49. The quantitative estimate of drug-likeness (QED) is 0.461. The molecule has 1 heterocycles. The molecule has 0 radical (unpaired) electrons. The Morgan fingerprint density at radius 1 is 1.41 bits per heavy atom. The van der Waals surface area contributed by atoms with Crippen LogP contribution < -0.4 is 5.32 Å². The molecule has 1 fully saturated rings. The molecular formula is C10H17NO5Si. The summed E-state index contributed by atoms with van der Waals surface area (Å²) in [6, 6.07) is 0. The molecule has 0 aromatic rings. The Labute approximate surface area is 101 Å². The zero-order valence-electron chi connectivity index (χ0n) is 10.5. The van der Waals surface area contributed by atoms with E-state index in [2.05, 4.69) is 10.1 Å². The number of hydrogen-bond acceptors (Lipinski definition) is 5. The van der Waals surface area contributed by atoms with Crippen LogP contribution in [0.1, 0.15) is 13.3 Å². The maximum absolute atomic E-state index is 11.9. The predicted octanol–water partition coefficient (Wildman–Crippen LogP) is 0.822. The van der Waals surface area contributed by atoms with E-state index >= 15 is 0 Å². The van der Waals surface area contributed by atoms with Crippen molar-refractivity contribution in [2.45, 2.75) is 38.2 Å². The van der Waals surface area contributed by atoms with Crippen LogP contribution in [0.2, 0.25) is 19.6 Å². The fourth-order valence-electron chi connectivity index (χ4n) is 1.71. The van der Waals surface area contributed by atoms with E-state index in [1.54, 1.807) is 6.92 Å². The summed E-state index contributed by atoms with van der Waals surface area (Å²) >= 11 is 0. The standard InChI is InChI=1S/C10H17NO5Si/c1-5-15-9(14)16-10(17(2,3)4)6-7(12)11-8(10)13/h5-6H2,1-4H3,(H,11,12,13). The molecule has 0 spiro atoms. The van der Waals surface area contributed by atoms with Crippen LogP contribution in [-0.2, 0) is 19.1 Å². The van der Waals surface area contributed by atoms with E-state index < -0.39 is 31.3 Å². The first-order valence-corrected chi connectivity index (χ1v) is 8.93. The van der Waals surface area contributed by atoms with E-state index in [9.17, 15) is 14.4 Å². The highest BCUT2D eigenvalue weighted by molar-refractivity contribution is 6.83. The van der Waals surface area contributed by atoms with Crippen molar-refractivity contribution >= 4 is 26.0 Å². The maximum atomic E-state index is 11.9. The highest BCUT2D eigenvalue weighted by Crippen LogP contribution is 2.33. The molecule has 0 aromatic heterocycles. The molecule has 2 amide bonds. The van der Waals surface area contributed by atoms with E-state index in [-0.39, 0.29) is 13.0 Å². The van der Waals surface area contributed by atoms with Crippen molar-refractivity contribution in [3.8, 4) is 0 Å². The topological polar surface area (TPSA) is 81.7 Å². The Bertz CT molecular complexity index is 362. The molecule has 6 nitrogen and oxygen atoms in total. The summed E-state index contributed by atoms with van der Waals surface area (Å²) in [4.78, 5) is 34.6. The second-order valence-electron chi connectivity index (χ2n) is 4.92. The van der Waals surface area contributed by atoms with Crippen molar-refractivity contribution in [1.82, 2.24) is 5.32 Å². The number of ether oxygens (including phenoxy) is 2. The van der Waals surface area contributed by atoms with Crippen molar-refractivity contribution in [3.63, 3.8) is 0 Å². The number of hydrogen-bond donors (Lipinski definition) is 1. The molecule has 7 heteroatoms. The van der Waals surface area contributed by atoms with Crippen molar-refractivity contribution in [1.29, 1.82) is 0 Å². The number of carbonyl (C=O) groups is 3. The summed E-state index contributed by atoms with van der Waals surface area (Å²) in [5.74, 6) is -0.948. The lowest BCUT2D eigenvalue weighted by molar-refractivity contribution is -0.131. The van der Waals surface area contributed by atoms with Crippen molar-refractivity contribution in [2.75, 3.05) is 6.61 Å². The summed E-state index contributed by atoms with van der Waals surface area (Å²) in [6.07, 6.45) is -1.01. The predicted molar refractivity (Wildman–Crippen MR) is 62.0 cm³/mol. The molecular weight excluding hydrogens is 242 g/mol. The third-order valence-electron chi connectivity index (χ3n) is 2.76. The van der Waals surface area contributed by atoms with Crippen molar-refractivity contribution in [2.24, 2.45) is 0 Å². The fourth-order valence-corrected chi connectivity index (χ4v) is 3.53. The average molecular weight is 259 g/mol. The lowest BCUT2D eigenvalue weighted by Gasteiger charge is -2.35. The van der Waals surface area contributed by atoms with Crippen LogP contribution in [0.25, 0.3) is 0 Å². The molecule has 1 saturated heterocycles. The van der Waals surface area contributed by atoms with Gasteiger partial charge in [0.2, 0.25) is 5.91 Å². The highest BCUT2D eigenvalue weighted by atomic mass is 28.3. The number of carbonyl (C=O) groups excluding carboxylic acids is 3. The lowest BCUT2D eigenvalue weighted by atomic mass is 10.3. The first kappa shape index (κ1) is 13.7. The Morgan fingerprint density at radius 3 is 2.35 bits per heavy atom. The summed E-state index contributed by atoms with van der Waals surface area (Å²) in [5.41, 5.74) is 0. The van der Waals surface area contributed by atoms with Gasteiger partial charge in [0.25, 0.3) is 5.91 Å². The van der Waals surface area contributed by atoms with Gasteiger partial charge >= 0.3 is 6.16 Å². The van der Waals surface area contributed by atoms with Gasteiger partial charge in [-0.3, -0.25) is 14.9 Å². The zero-order chi connectivity index (χ0) is 13.3. The zero-order valence-corrected chi connectivity index (χ0v) is 11.5. The van der Waals surface area contributed by atoms with Gasteiger partial charge in [0.1, 0.15) is 8.07 Å². The third-order valence-corrected chi connectivity index (χ3v) is 5.69. The molecule has 0 saturated carbocycles. The van der Waals surface area contributed by atoms with Crippen LogP contribution in [-0.4, -0.2) is 37.9 Å². The van der Waals surface area contributed by atoms with Gasteiger partial charge in [-0.2, -0.15) is 0 Å². The second-order valence-corrected chi connectivity index (χ2v) is 10.2. The number of rotatable bonds is 3. The van der Waals surface area contributed by atoms with Crippen LogP contribution in [0.3, 0.4) is 0 Å². The van der Waals surface area contributed by atoms with Crippen LogP contribution in [0, 0.1) is 0 Å². The van der Waals surface area contributed by atoms with E-state index in [1.807, 2.05) is 19.6 Å². The Hall–Kier alpha value is -1.37. The van der Waals surface area contributed by atoms with E-state index in [4.69, 9.17) is 4.74 Å². The number of nitrogens with one attached hydrogen (secondary N) is 1. The van der Waals surface area contributed by atoms with Crippen molar-refractivity contribution in [3.05, 3.63) is 0 Å². The fraction of sp³-hybridized carbons (Fsp3) is 0.700. The Balaban J connectivity index is 3.01. The molecule has 1 unspecified atom stereocenters. The van der Waals surface area contributed by atoms with Gasteiger partial charge in [-0.1, -0.05) is 19.6 Å². The number of imide groups is 1. The number of amides is 2. The smallest absolute Gasteiger partial charge is 0.435 e. The van der Waals surface area contributed by atoms with Crippen LogP contribution in [0.4, 0.5) is 4.79 Å². The Morgan fingerprint density at radius 2 is 2.00 bits per heavy atom. The molecule has 17 heavy (non-hydrogen) atoms. The van der Waals surface area contributed by atoms with Gasteiger partial charge in [0.15, 0.2) is 5.22 Å². The molecule has 0 aromatic carbocycles. The van der Waals surface area contributed by atoms with E-state index in [0.717, 1.165) is 0 Å². The molecule has 0 bridgehead atoms. The van der Waals surface area contributed by atoms with Gasteiger partial charge in [-0.05, 0) is 6.92 Å². The monoisotopic (exact) mass is 259 g/mol. The normalized spacial score (nSPS) is 24.5. The van der Waals surface area contributed by atoms with Gasteiger partial charge in [0.05, 0.1) is 13.0 Å². The molecule has 1 N–H and O–H groups in total. The molecule has 1 aliphatic heterocycles. The maximum Gasteiger partial charge on any atom is 0.509 e. The molecule has 96 valence electrons. The van der Waals surface area contributed by atoms with Gasteiger partial charge in [0, 0.05) is 0 Å². The minimum atomic E-state index is -2.23. The minimum Gasteiger partial charge on any atom is -0.435 e. The lowest BCUT2D eigenvalue weighted by Crippen LogP contribution is -2.59. The first-order chi connectivity index (χ1) is 7.73. The van der Waals surface area contributed by atoms with Crippen LogP contribution >= 0.6 is 0 Å². The van der Waals surface area contributed by atoms with Crippen molar-refractivity contribution < 1.29 is 23.9 Å². The SMILES string of the molecule is CCOC(=O)OC1([Si](C)(C)C)CC(=O)NC1=O. The summed E-state index contributed by atoms with van der Waals surface area (Å²) in [7, 11) is -2.23. The first-order valence-electron chi connectivity index (χ1n) is 5.43. The summed E-state index contributed by atoms with van der Waals surface area (Å²) in [5, 5.41) is 0.835. The van der Waals surface area contributed by atoms with Gasteiger partial charge in [-0.25, -0.2) is 4.79 Å². The van der Waals surface area contributed by atoms with Gasteiger partial charge in [-0.15, -0.1) is 0 Å². The van der Waals surface area contributed by atoms with Crippen LogP contribution in [0.5, 0.6) is 0 Å². The van der Waals surface area contributed by atoms with E-state index in [0.29, 0.717) is 0 Å². The second kappa shape index (κ2) is 4.48. The van der Waals surface area contributed by atoms with E-state index in [1.165, 1.54) is 0 Å². The molecule has 1 rings (SSSR count). The Kier molecular flexibility index (Phi) is 3.61. The molecule has 1 atom stereocenters. The van der Waals surface area contributed by atoms with Gasteiger partial charge < -0.3 is 9.47 Å². The molecule has 0 aliphatic carbocycles. The van der Waals surface area contributed by atoms with Crippen LogP contribution in [0.15, 0.2) is 0 Å². The largest absolute Gasteiger partial charge is 0.509 e. The average Bonchev–Trinajstić information content (AvgIpc) is 2.41. The summed E-state index contributed by atoms with van der Waals surface area (Å²) in [6.45, 7) is 7.40. The summed E-state index contributed by atoms with van der Waals surface area (Å²) < 4.78 is 9.83.